The maximum Gasteiger partial charge on any atom is 0.407 e. The number of nitrogens with one attached hydrogen (secondary N) is 2. The standard InChI is InChI=1S/C24H37N5O6/c1-5-33-22(31)20(28-21(30)9-7-6-8-14-27-29-25)17-18-10-12-19(13-11-18)34-16-15-26-23(32)35-24(2,3)4/h10-13,20H,5-9,14-17H2,1-4H3,(H,26,32)(H,28,30)/t20-/m0/s1. The molecule has 0 unspecified atom stereocenters. The van der Waals surface area contributed by atoms with Crippen LogP contribution in [0.1, 0.15) is 58.9 Å². The summed E-state index contributed by atoms with van der Waals surface area (Å²) in [5.41, 5.74) is 8.54. The predicted octanol–water partition coefficient (Wildman–Crippen LogP) is 4.05. The molecule has 194 valence electrons. The maximum atomic E-state index is 12.4. The minimum absolute atomic E-state index is 0.217. The number of benzene rings is 1. The summed E-state index contributed by atoms with van der Waals surface area (Å²) in [4.78, 5) is 39.0. The molecule has 11 nitrogen and oxygen atoms in total. The zero-order valence-electron chi connectivity index (χ0n) is 21.0. The fraction of sp³-hybridized carbons (Fsp3) is 0.625. The number of unbranched alkanes of at least 4 members (excludes halogenated alkanes) is 2. The second-order valence-electron chi connectivity index (χ2n) is 8.76. The van der Waals surface area contributed by atoms with Crippen LogP contribution in [0.3, 0.4) is 0 Å². The molecule has 0 fully saturated rings. The first kappa shape index (κ1) is 29.6. The van der Waals surface area contributed by atoms with Crippen LogP contribution in [0.4, 0.5) is 4.79 Å². The molecule has 0 aliphatic rings. The zero-order valence-corrected chi connectivity index (χ0v) is 21.0. The van der Waals surface area contributed by atoms with E-state index in [1.165, 1.54) is 0 Å². The van der Waals surface area contributed by atoms with E-state index in [0.29, 0.717) is 31.7 Å². The van der Waals surface area contributed by atoms with Crippen molar-refractivity contribution in [2.24, 2.45) is 5.11 Å². The Kier molecular flexibility index (Phi) is 13.7. The lowest BCUT2D eigenvalue weighted by Gasteiger charge is -2.19. The third-order valence-electron chi connectivity index (χ3n) is 4.53. The molecule has 2 N–H and O–H groups in total. The molecular weight excluding hydrogens is 454 g/mol. The molecule has 0 saturated carbocycles. The van der Waals surface area contributed by atoms with Gasteiger partial charge in [-0.3, -0.25) is 4.79 Å². The molecule has 1 rings (SSSR count). The van der Waals surface area contributed by atoms with Crippen LogP contribution in [0.15, 0.2) is 29.4 Å². The molecule has 0 heterocycles. The zero-order chi connectivity index (χ0) is 26.1. The van der Waals surface area contributed by atoms with Crippen LogP contribution in [-0.4, -0.2) is 55.9 Å². The summed E-state index contributed by atoms with van der Waals surface area (Å²) in [5.74, 6) is -0.112. The van der Waals surface area contributed by atoms with E-state index in [4.69, 9.17) is 19.7 Å². The number of azide groups is 1. The average molecular weight is 492 g/mol. The van der Waals surface area contributed by atoms with Gasteiger partial charge in [0.25, 0.3) is 0 Å². The van der Waals surface area contributed by atoms with Gasteiger partial charge in [-0.05, 0) is 63.8 Å². The van der Waals surface area contributed by atoms with Crippen molar-refractivity contribution < 1.29 is 28.6 Å². The van der Waals surface area contributed by atoms with Crippen molar-refractivity contribution in [1.82, 2.24) is 10.6 Å². The van der Waals surface area contributed by atoms with Gasteiger partial charge in [0.15, 0.2) is 0 Å². The van der Waals surface area contributed by atoms with Crippen molar-refractivity contribution in [2.45, 2.75) is 71.4 Å². The minimum Gasteiger partial charge on any atom is -0.492 e. The molecule has 35 heavy (non-hydrogen) atoms. The molecule has 0 radical (unpaired) electrons. The van der Waals surface area contributed by atoms with E-state index in [0.717, 1.165) is 12.0 Å². The topological polar surface area (TPSA) is 152 Å². The lowest BCUT2D eigenvalue weighted by Crippen LogP contribution is -2.43. The Labute approximate surface area is 206 Å². The fourth-order valence-corrected chi connectivity index (χ4v) is 2.99. The third-order valence-corrected chi connectivity index (χ3v) is 4.53. The lowest BCUT2D eigenvalue weighted by molar-refractivity contribution is -0.147. The molecular formula is C24H37N5O6. The van der Waals surface area contributed by atoms with Crippen LogP contribution in [0.2, 0.25) is 0 Å². The predicted molar refractivity (Wildman–Crippen MR) is 131 cm³/mol. The summed E-state index contributed by atoms with van der Waals surface area (Å²) < 4.78 is 15.9. The van der Waals surface area contributed by atoms with E-state index >= 15 is 0 Å². The molecule has 0 aromatic heterocycles. The highest BCUT2D eigenvalue weighted by Gasteiger charge is 2.22. The number of ether oxygens (including phenoxy) is 3. The number of rotatable bonds is 15. The number of esters is 1. The highest BCUT2D eigenvalue weighted by Crippen LogP contribution is 2.14. The van der Waals surface area contributed by atoms with E-state index in [2.05, 4.69) is 20.7 Å². The molecule has 2 amide bonds. The van der Waals surface area contributed by atoms with Crippen LogP contribution < -0.4 is 15.4 Å². The normalized spacial score (nSPS) is 11.5. The Bertz CT molecular complexity index is 847. The van der Waals surface area contributed by atoms with E-state index < -0.39 is 23.7 Å². The molecule has 0 saturated heterocycles. The molecule has 1 aromatic rings. The second kappa shape index (κ2) is 16.2. The van der Waals surface area contributed by atoms with Gasteiger partial charge in [0.05, 0.1) is 13.2 Å². The largest absolute Gasteiger partial charge is 0.492 e. The van der Waals surface area contributed by atoms with Gasteiger partial charge < -0.3 is 24.8 Å². The number of nitrogens with zero attached hydrogens (tertiary/aromatic N) is 3. The van der Waals surface area contributed by atoms with Gasteiger partial charge in [-0.25, -0.2) is 9.59 Å². The van der Waals surface area contributed by atoms with Gasteiger partial charge in [-0.2, -0.15) is 0 Å². The Morgan fingerprint density at radius 1 is 1.11 bits per heavy atom. The van der Waals surface area contributed by atoms with Gasteiger partial charge in [0.1, 0.15) is 24.0 Å². The molecule has 0 aliphatic carbocycles. The van der Waals surface area contributed by atoms with Gasteiger partial charge in [-0.1, -0.05) is 23.7 Å². The minimum atomic E-state index is -0.796. The van der Waals surface area contributed by atoms with Crippen molar-refractivity contribution in [3.05, 3.63) is 40.3 Å². The number of carbonyl (C=O) groups is 3. The first-order valence-corrected chi connectivity index (χ1v) is 11.8. The van der Waals surface area contributed by atoms with Crippen LogP contribution in [0.25, 0.3) is 10.4 Å². The Morgan fingerprint density at radius 2 is 1.83 bits per heavy atom. The van der Waals surface area contributed by atoms with Gasteiger partial charge in [-0.15, -0.1) is 0 Å². The average Bonchev–Trinajstić information content (AvgIpc) is 2.78. The van der Waals surface area contributed by atoms with Crippen LogP contribution in [0.5, 0.6) is 5.75 Å². The number of hydrogen-bond acceptors (Lipinski definition) is 7. The number of alkyl carbamates (subject to hydrolysis) is 1. The monoisotopic (exact) mass is 491 g/mol. The van der Waals surface area contributed by atoms with Crippen molar-refractivity contribution >= 4 is 18.0 Å². The van der Waals surface area contributed by atoms with Crippen molar-refractivity contribution in [3.8, 4) is 5.75 Å². The SMILES string of the molecule is CCOC(=O)[C@H](Cc1ccc(OCCNC(=O)OC(C)(C)C)cc1)NC(=O)CCCCCN=[N+]=[N-]. The summed E-state index contributed by atoms with van der Waals surface area (Å²) in [7, 11) is 0. The smallest absolute Gasteiger partial charge is 0.407 e. The highest BCUT2D eigenvalue weighted by atomic mass is 16.6. The molecule has 0 bridgehead atoms. The summed E-state index contributed by atoms with van der Waals surface area (Å²) in [6.45, 7) is 8.27. The fourth-order valence-electron chi connectivity index (χ4n) is 2.99. The van der Waals surface area contributed by atoms with E-state index in [9.17, 15) is 14.4 Å². The molecule has 0 aliphatic heterocycles. The third kappa shape index (κ3) is 14.4. The van der Waals surface area contributed by atoms with Crippen molar-refractivity contribution in [3.63, 3.8) is 0 Å². The summed E-state index contributed by atoms with van der Waals surface area (Å²) >= 11 is 0. The lowest BCUT2D eigenvalue weighted by atomic mass is 10.1. The molecule has 0 spiro atoms. The van der Waals surface area contributed by atoms with Gasteiger partial charge in [0.2, 0.25) is 5.91 Å². The Morgan fingerprint density at radius 3 is 2.46 bits per heavy atom. The van der Waals surface area contributed by atoms with E-state index in [1.807, 2.05) is 12.1 Å². The number of hydrogen-bond donors (Lipinski definition) is 2. The van der Waals surface area contributed by atoms with Gasteiger partial charge >= 0.3 is 12.1 Å². The number of carbonyl (C=O) groups excluding carboxylic acids is 3. The van der Waals surface area contributed by atoms with Gasteiger partial charge in [0, 0.05) is 24.3 Å². The first-order valence-electron chi connectivity index (χ1n) is 11.8. The van der Waals surface area contributed by atoms with Crippen molar-refractivity contribution in [1.29, 1.82) is 0 Å². The molecule has 1 atom stereocenters. The summed E-state index contributed by atoms with van der Waals surface area (Å²) in [5, 5.41) is 8.84. The Hall–Kier alpha value is -3.46. The molecule has 1 aromatic carbocycles. The Balaban J connectivity index is 2.51. The van der Waals surface area contributed by atoms with Crippen molar-refractivity contribution in [2.75, 3.05) is 26.3 Å². The second-order valence-corrected chi connectivity index (χ2v) is 8.76. The maximum absolute atomic E-state index is 12.4. The van der Waals surface area contributed by atoms with Crippen LogP contribution >= 0.6 is 0 Å². The van der Waals surface area contributed by atoms with Crippen LogP contribution in [0, 0.1) is 0 Å². The van der Waals surface area contributed by atoms with E-state index in [1.54, 1.807) is 39.8 Å². The van der Waals surface area contributed by atoms with E-state index in [-0.39, 0.29) is 32.0 Å². The highest BCUT2D eigenvalue weighted by molar-refractivity contribution is 5.84. The number of amides is 2. The van der Waals surface area contributed by atoms with Crippen LogP contribution in [-0.2, 0) is 25.5 Å². The quantitative estimate of drug-likeness (QED) is 0.124. The summed E-state index contributed by atoms with van der Waals surface area (Å²) in [6, 6.07) is 6.35. The first-order chi connectivity index (χ1) is 16.6. The molecule has 11 heteroatoms. The summed E-state index contributed by atoms with van der Waals surface area (Å²) in [6.07, 6.45) is 2.15.